The summed E-state index contributed by atoms with van der Waals surface area (Å²) in [5.41, 5.74) is -0.224. The predicted octanol–water partition coefficient (Wildman–Crippen LogP) is 3.47. The maximum Gasteiger partial charge on any atom is 0.408 e. The molecule has 0 bridgehead atoms. The first-order valence-electron chi connectivity index (χ1n) is 8.03. The fourth-order valence-electron chi connectivity index (χ4n) is 3.21. The number of ether oxygens (including phenoxy) is 1. The summed E-state index contributed by atoms with van der Waals surface area (Å²) >= 11 is 5.55. The lowest BCUT2D eigenvalue weighted by molar-refractivity contribution is -0.207. The van der Waals surface area contributed by atoms with Gasteiger partial charge in [-0.25, -0.2) is 13.6 Å². The first-order chi connectivity index (χ1) is 12.6. The molecule has 1 heterocycles. The molecule has 2 N–H and O–H groups in total. The van der Waals surface area contributed by atoms with E-state index in [-0.39, 0.29) is 24.9 Å². The number of benzene rings is 1. The summed E-state index contributed by atoms with van der Waals surface area (Å²) < 4.78 is 70.9. The third kappa shape index (κ3) is 3.95. The van der Waals surface area contributed by atoms with E-state index in [1.54, 1.807) is 0 Å². The fourth-order valence-corrected chi connectivity index (χ4v) is 3.38. The van der Waals surface area contributed by atoms with Crippen LogP contribution in [0.2, 0.25) is 5.02 Å². The summed E-state index contributed by atoms with van der Waals surface area (Å²) in [7, 11) is 0. The van der Waals surface area contributed by atoms with Gasteiger partial charge in [0, 0.05) is 5.56 Å². The smallest absolute Gasteiger partial charge is 0.408 e. The Labute approximate surface area is 155 Å². The first-order valence-corrected chi connectivity index (χ1v) is 8.40. The highest BCUT2D eigenvalue weighted by atomic mass is 35.5. The van der Waals surface area contributed by atoms with Crippen LogP contribution in [0.3, 0.4) is 0 Å². The van der Waals surface area contributed by atoms with Crippen LogP contribution in [0.15, 0.2) is 12.1 Å². The first kappa shape index (κ1) is 19.7. The Morgan fingerprint density at radius 1 is 1.30 bits per heavy atom. The zero-order valence-electron chi connectivity index (χ0n) is 13.6. The molecule has 1 saturated carbocycles. The van der Waals surface area contributed by atoms with Gasteiger partial charge in [0.25, 0.3) is 5.91 Å². The molecule has 2 amide bonds. The molecule has 27 heavy (non-hydrogen) atoms. The molecule has 2 aliphatic rings. The monoisotopic (exact) mass is 412 g/mol. The van der Waals surface area contributed by atoms with E-state index in [2.05, 4.69) is 10.6 Å². The van der Waals surface area contributed by atoms with Crippen LogP contribution in [0, 0.1) is 23.5 Å². The second-order valence-corrected chi connectivity index (χ2v) is 6.87. The van der Waals surface area contributed by atoms with Gasteiger partial charge in [-0.05, 0) is 24.8 Å². The number of amides is 2. The van der Waals surface area contributed by atoms with Crippen LogP contribution >= 0.6 is 11.6 Å². The zero-order valence-corrected chi connectivity index (χ0v) is 14.3. The molecule has 1 aliphatic heterocycles. The summed E-state index contributed by atoms with van der Waals surface area (Å²) in [6.07, 6.45) is -7.06. The van der Waals surface area contributed by atoms with E-state index >= 15 is 0 Å². The lowest BCUT2D eigenvalue weighted by atomic mass is 9.69. The van der Waals surface area contributed by atoms with Gasteiger partial charge in [-0.2, -0.15) is 13.2 Å². The van der Waals surface area contributed by atoms with Crippen molar-refractivity contribution >= 4 is 23.6 Å². The highest BCUT2D eigenvalue weighted by Gasteiger charge is 2.51. The van der Waals surface area contributed by atoms with Crippen LogP contribution in [-0.2, 0) is 9.53 Å². The molecule has 1 aliphatic carbocycles. The zero-order chi connectivity index (χ0) is 19.9. The largest absolute Gasteiger partial charge is 0.434 e. The molecule has 5 nitrogen and oxygen atoms in total. The average Bonchev–Trinajstić information content (AvgIpc) is 2.96. The summed E-state index contributed by atoms with van der Waals surface area (Å²) in [5, 5.41) is 3.86. The predicted molar refractivity (Wildman–Crippen MR) is 82.8 cm³/mol. The van der Waals surface area contributed by atoms with Crippen LogP contribution in [0.4, 0.5) is 26.7 Å². The number of hydrogen-bond donors (Lipinski definition) is 2. The quantitative estimate of drug-likeness (QED) is 0.588. The highest BCUT2D eigenvalue weighted by Crippen LogP contribution is 2.50. The van der Waals surface area contributed by atoms with Crippen LogP contribution in [0.1, 0.15) is 24.4 Å². The fraction of sp³-hybridized carbons (Fsp3) is 0.500. The molecule has 1 aromatic rings. The number of halogens is 6. The summed E-state index contributed by atoms with van der Waals surface area (Å²) in [5.74, 6) is -5.28. The molecule has 11 heteroatoms. The van der Waals surface area contributed by atoms with Crippen LogP contribution < -0.4 is 10.6 Å². The number of carbonyl (C=O) groups is 2. The van der Waals surface area contributed by atoms with Crippen molar-refractivity contribution in [3.05, 3.63) is 34.4 Å². The summed E-state index contributed by atoms with van der Waals surface area (Å²) in [6.45, 7) is -0.125. The van der Waals surface area contributed by atoms with E-state index in [0.717, 1.165) is 12.1 Å². The van der Waals surface area contributed by atoms with E-state index in [0.29, 0.717) is 0 Å². The molecule has 0 radical (unpaired) electrons. The van der Waals surface area contributed by atoms with Gasteiger partial charge in [0.2, 0.25) is 0 Å². The van der Waals surface area contributed by atoms with E-state index in [9.17, 15) is 31.5 Å². The number of nitrogens with one attached hydrogen (secondary N) is 2. The van der Waals surface area contributed by atoms with E-state index in [4.69, 9.17) is 16.3 Å². The molecule has 1 aromatic carbocycles. The molecule has 0 aromatic heterocycles. The van der Waals surface area contributed by atoms with Crippen molar-refractivity contribution in [1.82, 2.24) is 10.6 Å². The number of alkyl halides is 3. The second kappa shape index (κ2) is 7.14. The molecule has 0 unspecified atom stereocenters. The third-order valence-electron chi connectivity index (χ3n) is 4.78. The highest BCUT2D eigenvalue weighted by molar-refractivity contribution is 6.31. The number of carbonyl (C=O) groups excluding carboxylic acids is 2. The van der Waals surface area contributed by atoms with Crippen molar-refractivity contribution in [2.24, 2.45) is 11.8 Å². The minimum Gasteiger partial charge on any atom is -0.434 e. The van der Waals surface area contributed by atoms with Crippen LogP contribution in [0.5, 0.6) is 0 Å². The Balaban J connectivity index is 1.83. The van der Waals surface area contributed by atoms with Crippen molar-refractivity contribution in [3.63, 3.8) is 0 Å². The normalized spacial score (nSPS) is 26.0. The van der Waals surface area contributed by atoms with Crippen molar-refractivity contribution in [3.8, 4) is 0 Å². The number of cyclic esters (lactones) is 1. The van der Waals surface area contributed by atoms with E-state index < -0.39 is 58.8 Å². The maximum absolute atomic E-state index is 14.4. The number of hydrogen-bond acceptors (Lipinski definition) is 3. The molecular weight excluding hydrogens is 399 g/mol. The van der Waals surface area contributed by atoms with Gasteiger partial charge in [0.15, 0.2) is 6.10 Å². The van der Waals surface area contributed by atoms with Gasteiger partial charge in [-0.3, -0.25) is 4.79 Å². The van der Waals surface area contributed by atoms with Gasteiger partial charge >= 0.3 is 12.3 Å². The minimum absolute atomic E-state index is 0.125. The van der Waals surface area contributed by atoms with Crippen molar-refractivity contribution < 1.29 is 36.3 Å². The standard InChI is InChI=1S/C16H14ClF5N2O3/c17-11-9(18)2-1-8(12(11)19)13(6-3-7(4-6)16(20,21)22)24-14(25)10-5-23-15(26)27-10/h1-2,6-7,10,13H,3-5H2,(H,23,26)(H,24,25)/t6-,7-,10-,13+/m0/s1. The SMILES string of the molecule is O=C1NC[C@@H](C(=O)N[C@@H](c2ccc(F)c(Cl)c2F)[C@H]2C[C@H](C(F)(F)F)C2)O1. The van der Waals surface area contributed by atoms with Gasteiger partial charge < -0.3 is 15.4 Å². The van der Waals surface area contributed by atoms with Crippen molar-refractivity contribution in [1.29, 1.82) is 0 Å². The Morgan fingerprint density at radius 2 is 1.96 bits per heavy atom. The molecule has 0 spiro atoms. The van der Waals surface area contributed by atoms with E-state index in [1.165, 1.54) is 0 Å². The Kier molecular flexibility index (Phi) is 5.20. The molecule has 2 atom stereocenters. The van der Waals surface area contributed by atoms with Crippen molar-refractivity contribution in [2.45, 2.75) is 31.2 Å². The average molecular weight is 413 g/mol. The van der Waals surface area contributed by atoms with Gasteiger partial charge in [-0.15, -0.1) is 0 Å². The van der Waals surface area contributed by atoms with Gasteiger partial charge in [0.1, 0.15) is 16.7 Å². The molecule has 148 valence electrons. The second-order valence-electron chi connectivity index (χ2n) is 6.50. The lowest BCUT2D eigenvalue weighted by Crippen LogP contribution is -2.47. The Bertz CT molecular complexity index is 767. The van der Waals surface area contributed by atoms with E-state index in [1.807, 2.05) is 0 Å². The molecule has 1 saturated heterocycles. The topological polar surface area (TPSA) is 67.4 Å². The number of rotatable bonds is 4. The summed E-state index contributed by atoms with van der Waals surface area (Å²) in [4.78, 5) is 23.3. The van der Waals surface area contributed by atoms with Crippen molar-refractivity contribution in [2.75, 3.05) is 6.54 Å². The minimum atomic E-state index is -4.39. The molecule has 3 rings (SSSR count). The van der Waals surface area contributed by atoms with Gasteiger partial charge in [-0.1, -0.05) is 17.7 Å². The summed E-state index contributed by atoms with van der Waals surface area (Å²) in [6, 6.07) is 0.728. The maximum atomic E-state index is 14.4. The number of alkyl carbamates (subject to hydrolysis) is 1. The molecular formula is C16H14ClF5N2O3. The van der Waals surface area contributed by atoms with Crippen LogP contribution in [0.25, 0.3) is 0 Å². The lowest BCUT2D eigenvalue weighted by Gasteiger charge is -2.41. The Morgan fingerprint density at radius 3 is 2.52 bits per heavy atom. The van der Waals surface area contributed by atoms with Crippen LogP contribution in [-0.4, -0.2) is 30.8 Å². The third-order valence-corrected chi connectivity index (χ3v) is 5.13. The Hall–Kier alpha value is -2.10. The molecule has 2 fully saturated rings. The van der Waals surface area contributed by atoms with Gasteiger partial charge in [0.05, 0.1) is 18.5 Å².